The first-order valence-corrected chi connectivity index (χ1v) is 9.75. The van der Waals surface area contributed by atoms with E-state index in [0.717, 1.165) is 36.9 Å². The number of benzene rings is 1. The van der Waals surface area contributed by atoms with Crippen molar-refractivity contribution >= 4 is 29.9 Å². The topological polar surface area (TPSA) is 58.5 Å². The van der Waals surface area contributed by atoms with Gasteiger partial charge in [0.15, 0.2) is 5.96 Å². The predicted octanol–water partition coefficient (Wildman–Crippen LogP) is 3.93. The summed E-state index contributed by atoms with van der Waals surface area (Å²) in [6, 6.07) is 14.4. The van der Waals surface area contributed by atoms with Crippen molar-refractivity contribution in [3.8, 4) is 5.75 Å². The molecule has 2 N–H and O–H groups in total. The van der Waals surface area contributed by atoms with E-state index in [-0.39, 0.29) is 29.4 Å². The number of hydrogen-bond acceptors (Lipinski definition) is 3. The monoisotopic (exact) mass is 494 g/mol. The first-order valence-electron chi connectivity index (χ1n) is 9.75. The van der Waals surface area contributed by atoms with Gasteiger partial charge in [-0.25, -0.2) is 0 Å². The summed E-state index contributed by atoms with van der Waals surface area (Å²) in [6.45, 7) is 1.66. The molecule has 1 saturated carbocycles. The summed E-state index contributed by atoms with van der Waals surface area (Å²) in [7, 11) is 3.58. The van der Waals surface area contributed by atoms with Gasteiger partial charge in [-0.3, -0.25) is 9.98 Å². The molecule has 0 aliphatic heterocycles. The van der Waals surface area contributed by atoms with Gasteiger partial charge in [0.25, 0.3) is 0 Å². The molecular formula is C22H31IN4O. The second-order valence-electron chi connectivity index (χ2n) is 7.11. The molecular weight excluding hydrogens is 463 g/mol. The van der Waals surface area contributed by atoms with Crippen LogP contribution in [-0.4, -0.2) is 38.2 Å². The number of halogens is 1. The van der Waals surface area contributed by atoms with E-state index in [2.05, 4.69) is 38.8 Å². The van der Waals surface area contributed by atoms with Crippen molar-refractivity contribution in [2.45, 2.75) is 37.5 Å². The number of nitrogens with zero attached hydrogens (tertiary/aromatic N) is 2. The molecule has 1 aromatic carbocycles. The number of pyridine rings is 1. The molecule has 0 atom stereocenters. The Morgan fingerprint density at radius 2 is 1.86 bits per heavy atom. The number of aliphatic imine (C=N–C) groups is 1. The van der Waals surface area contributed by atoms with Crippen LogP contribution in [0.1, 0.15) is 36.9 Å². The van der Waals surface area contributed by atoms with Crippen LogP contribution < -0.4 is 15.4 Å². The van der Waals surface area contributed by atoms with Gasteiger partial charge in [-0.1, -0.05) is 37.1 Å². The smallest absolute Gasteiger partial charge is 0.191 e. The molecule has 0 spiro atoms. The Morgan fingerprint density at radius 1 is 1.11 bits per heavy atom. The van der Waals surface area contributed by atoms with Gasteiger partial charge in [-0.05, 0) is 31.0 Å². The lowest BCUT2D eigenvalue weighted by Gasteiger charge is -2.32. The first-order chi connectivity index (χ1) is 13.3. The van der Waals surface area contributed by atoms with Gasteiger partial charge in [0.05, 0.1) is 7.11 Å². The van der Waals surface area contributed by atoms with Crippen LogP contribution in [0.4, 0.5) is 0 Å². The molecule has 0 bridgehead atoms. The summed E-state index contributed by atoms with van der Waals surface area (Å²) in [6.07, 6.45) is 7.56. The number of ether oxygens (including phenoxy) is 1. The molecule has 0 unspecified atom stereocenters. The van der Waals surface area contributed by atoms with Gasteiger partial charge in [0.2, 0.25) is 0 Å². The third kappa shape index (κ3) is 5.59. The summed E-state index contributed by atoms with van der Waals surface area (Å²) in [5, 5.41) is 6.96. The van der Waals surface area contributed by atoms with Gasteiger partial charge in [0.1, 0.15) is 5.75 Å². The van der Waals surface area contributed by atoms with Crippen LogP contribution >= 0.6 is 24.0 Å². The van der Waals surface area contributed by atoms with Crippen LogP contribution in [0.5, 0.6) is 5.75 Å². The Hall–Kier alpha value is -1.83. The van der Waals surface area contributed by atoms with Crippen molar-refractivity contribution in [3.05, 3.63) is 59.9 Å². The first kappa shape index (κ1) is 22.5. The summed E-state index contributed by atoms with van der Waals surface area (Å²) in [5.74, 6) is 1.83. The van der Waals surface area contributed by atoms with E-state index < -0.39 is 0 Å². The number of para-hydroxylation sites is 1. The zero-order chi connectivity index (χ0) is 19.0. The molecule has 1 aromatic heterocycles. The van der Waals surface area contributed by atoms with E-state index in [4.69, 9.17) is 4.74 Å². The lowest BCUT2D eigenvalue weighted by molar-refractivity contribution is 0.371. The van der Waals surface area contributed by atoms with Gasteiger partial charge < -0.3 is 15.4 Å². The molecule has 28 heavy (non-hydrogen) atoms. The minimum atomic E-state index is 0. The van der Waals surface area contributed by atoms with Crippen molar-refractivity contribution in [1.82, 2.24) is 15.6 Å². The molecule has 0 saturated heterocycles. The maximum atomic E-state index is 5.65. The van der Waals surface area contributed by atoms with Crippen LogP contribution in [0, 0.1) is 0 Å². The highest BCUT2D eigenvalue weighted by atomic mass is 127. The highest BCUT2D eigenvalue weighted by molar-refractivity contribution is 14.0. The van der Waals surface area contributed by atoms with E-state index >= 15 is 0 Å². The zero-order valence-corrected chi connectivity index (χ0v) is 19.1. The Bertz CT molecular complexity index is 745. The minimum absolute atomic E-state index is 0. The highest BCUT2D eigenvalue weighted by Crippen LogP contribution is 2.44. The maximum Gasteiger partial charge on any atom is 0.191 e. The van der Waals surface area contributed by atoms with Crippen LogP contribution in [-0.2, 0) is 11.8 Å². The second-order valence-corrected chi connectivity index (χ2v) is 7.11. The number of methoxy groups -OCH3 is 1. The lowest BCUT2D eigenvalue weighted by Crippen LogP contribution is -2.45. The molecule has 2 aromatic rings. The fraction of sp³-hybridized carbons (Fsp3) is 0.455. The molecule has 1 aliphatic carbocycles. The van der Waals surface area contributed by atoms with E-state index in [0.29, 0.717) is 0 Å². The van der Waals surface area contributed by atoms with E-state index in [1.165, 1.54) is 31.2 Å². The normalized spacial score (nSPS) is 15.6. The SMILES string of the molecule is CN=C(NCCc1ccccn1)NCC1(c2ccccc2OC)CCCC1.I. The Labute approximate surface area is 185 Å². The largest absolute Gasteiger partial charge is 0.496 e. The number of rotatable bonds is 7. The third-order valence-electron chi connectivity index (χ3n) is 5.46. The van der Waals surface area contributed by atoms with E-state index in [9.17, 15) is 0 Å². The average molecular weight is 494 g/mol. The maximum absolute atomic E-state index is 5.65. The van der Waals surface area contributed by atoms with Crippen LogP contribution in [0.2, 0.25) is 0 Å². The second kappa shape index (κ2) is 11.2. The fourth-order valence-corrected chi connectivity index (χ4v) is 4.00. The molecule has 1 heterocycles. The summed E-state index contributed by atoms with van der Waals surface area (Å²) < 4.78 is 5.65. The predicted molar refractivity (Wildman–Crippen MR) is 126 cm³/mol. The van der Waals surface area contributed by atoms with Crippen molar-refractivity contribution in [2.24, 2.45) is 4.99 Å². The van der Waals surface area contributed by atoms with E-state index in [1.807, 2.05) is 37.5 Å². The van der Waals surface area contributed by atoms with Gasteiger partial charge in [-0.2, -0.15) is 0 Å². The molecule has 0 radical (unpaired) electrons. The highest BCUT2D eigenvalue weighted by Gasteiger charge is 2.37. The number of aromatic nitrogens is 1. The molecule has 3 rings (SSSR count). The summed E-state index contributed by atoms with van der Waals surface area (Å²) in [5.41, 5.74) is 2.49. The van der Waals surface area contributed by atoms with Crippen molar-refractivity contribution in [3.63, 3.8) is 0 Å². The van der Waals surface area contributed by atoms with Crippen LogP contribution in [0.15, 0.2) is 53.7 Å². The number of guanidine groups is 1. The van der Waals surface area contributed by atoms with Crippen molar-refractivity contribution in [1.29, 1.82) is 0 Å². The molecule has 5 nitrogen and oxygen atoms in total. The molecule has 1 fully saturated rings. The van der Waals surface area contributed by atoms with Crippen LogP contribution in [0.3, 0.4) is 0 Å². The Morgan fingerprint density at radius 3 is 2.54 bits per heavy atom. The Balaban J connectivity index is 0.00000280. The molecule has 6 heteroatoms. The number of nitrogens with one attached hydrogen (secondary N) is 2. The van der Waals surface area contributed by atoms with Gasteiger partial charge in [-0.15, -0.1) is 24.0 Å². The van der Waals surface area contributed by atoms with Gasteiger partial charge >= 0.3 is 0 Å². The average Bonchev–Trinajstić information content (AvgIpc) is 3.21. The summed E-state index contributed by atoms with van der Waals surface area (Å²) in [4.78, 5) is 8.76. The van der Waals surface area contributed by atoms with E-state index in [1.54, 1.807) is 7.11 Å². The molecule has 0 amide bonds. The zero-order valence-electron chi connectivity index (χ0n) is 16.8. The summed E-state index contributed by atoms with van der Waals surface area (Å²) >= 11 is 0. The Kier molecular flexibility index (Phi) is 9.02. The molecule has 152 valence electrons. The minimum Gasteiger partial charge on any atom is -0.496 e. The van der Waals surface area contributed by atoms with Crippen molar-refractivity contribution in [2.75, 3.05) is 27.2 Å². The fourth-order valence-electron chi connectivity index (χ4n) is 4.00. The van der Waals surface area contributed by atoms with Crippen LogP contribution in [0.25, 0.3) is 0 Å². The standard InChI is InChI=1S/C22H30N4O.HI/c1-23-21(25-16-12-18-9-5-8-15-24-18)26-17-22(13-6-7-14-22)19-10-3-4-11-20(19)27-2;/h3-5,8-11,15H,6-7,12-14,16-17H2,1-2H3,(H2,23,25,26);1H. The quantitative estimate of drug-likeness (QED) is 0.348. The lowest BCUT2D eigenvalue weighted by atomic mass is 9.78. The van der Waals surface area contributed by atoms with Gasteiger partial charge in [0, 0.05) is 49.4 Å². The molecule has 1 aliphatic rings. The number of hydrogen-bond donors (Lipinski definition) is 2. The van der Waals surface area contributed by atoms with Crippen molar-refractivity contribution < 1.29 is 4.74 Å². The third-order valence-corrected chi connectivity index (χ3v) is 5.46.